The number of aromatic nitrogens is 2. The molecule has 0 aliphatic heterocycles. The van der Waals surface area contributed by atoms with E-state index in [-0.39, 0.29) is 5.69 Å². The number of hydrogen-bond acceptors (Lipinski definition) is 2. The number of carbonyl (C=O) groups is 1. The first-order valence-electron chi connectivity index (χ1n) is 8.58. The zero-order chi connectivity index (χ0) is 20.5. The van der Waals surface area contributed by atoms with Crippen LogP contribution < -0.4 is 0 Å². The van der Waals surface area contributed by atoms with Crippen LogP contribution in [0.5, 0.6) is 0 Å². The predicted octanol–water partition coefficient (Wildman–Crippen LogP) is 6.86. The van der Waals surface area contributed by atoms with Gasteiger partial charge in [-0.1, -0.05) is 71.2 Å². The van der Waals surface area contributed by atoms with Gasteiger partial charge in [0.1, 0.15) is 5.82 Å². The van der Waals surface area contributed by atoms with Crippen LogP contribution in [0.15, 0.2) is 72.8 Å². The highest BCUT2D eigenvalue weighted by atomic mass is 35.5. The number of benzene rings is 3. The van der Waals surface area contributed by atoms with Crippen molar-refractivity contribution in [3.63, 3.8) is 0 Å². The molecule has 0 radical (unpaired) electrons. The highest BCUT2D eigenvalue weighted by molar-refractivity contribution is 6.35. The monoisotopic (exact) mass is 442 g/mol. The lowest BCUT2D eigenvalue weighted by Gasteiger charge is -2.14. The van der Waals surface area contributed by atoms with Crippen molar-refractivity contribution in [1.82, 2.24) is 9.55 Å². The van der Waals surface area contributed by atoms with Crippen molar-refractivity contribution >= 4 is 40.8 Å². The fraction of sp³-hybridized carbons (Fsp3) is 0. The number of carboxylic acids is 1. The summed E-state index contributed by atoms with van der Waals surface area (Å²) in [6.07, 6.45) is 0. The first-order chi connectivity index (χ1) is 13.9. The normalized spacial score (nSPS) is 10.9. The zero-order valence-corrected chi connectivity index (χ0v) is 17.1. The molecule has 0 spiro atoms. The van der Waals surface area contributed by atoms with Crippen molar-refractivity contribution in [2.45, 2.75) is 0 Å². The summed E-state index contributed by atoms with van der Waals surface area (Å²) in [6, 6.07) is 21.4. The van der Waals surface area contributed by atoms with E-state index in [1.54, 1.807) is 41.0 Å². The molecule has 0 aliphatic rings. The van der Waals surface area contributed by atoms with Gasteiger partial charge in [-0.2, -0.15) is 0 Å². The van der Waals surface area contributed by atoms with Crippen LogP contribution >= 0.6 is 34.8 Å². The highest BCUT2D eigenvalue weighted by Gasteiger charge is 2.25. The van der Waals surface area contributed by atoms with E-state index in [9.17, 15) is 9.90 Å². The van der Waals surface area contributed by atoms with E-state index in [2.05, 4.69) is 4.98 Å². The van der Waals surface area contributed by atoms with Gasteiger partial charge in [0.05, 0.1) is 5.69 Å². The number of halogens is 3. The van der Waals surface area contributed by atoms with E-state index >= 15 is 0 Å². The van der Waals surface area contributed by atoms with Gasteiger partial charge < -0.3 is 5.11 Å². The predicted molar refractivity (Wildman–Crippen MR) is 116 cm³/mol. The molecule has 1 heterocycles. The molecule has 0 aliphatic carbocycles. The molecule has 4 rings (SSSR count). The summed E-state index contributed by atoms with van der Waals surface area (Å²) in [6.45, 7) is 0. The summed E-state index contributed by atoms with van der Waals surface area (Å²) >= 11 is 18.6. The van der Waals surface area contributed by atoms with Crippen LogP contribution in [0.1, 0.15) is 10.5 Å². The van der Waals surface area contributed by atoms with Crippen LogP contribution in [0.3, 0.4) is 0 Å². The Bertz CT molecular complexity index is 1200. The first-order valence-corrected chi connectivity index (χ1v) is 9.71. The summed E-state index contributed by atoms with van der Waals surface area (Å²) in [5.41, 5.74) is 2.22. The Labute approximate surface area is 181 Å². The Morgan fingerprint density at radius 1 is 0.793 bits per heavy atom. The average Bonchev–Trinajstić information content (AvgIpc) is 3.09. The molecule has 0 unspecified atom stereocenters. The maximum atomic E-state index is 12.1. The Kier molecular flexibility index (Phi) is 5.33. The van der Waals surface area contributed by atoms with Crippen LogP contribution in [0.2, 0.25) is 15.1 Å². The Morgan fingerprint density at radius 2 is 1.48 bits per heavy atom. The summed E-state index contributed by atoms with van der Waals surface area (Å²) in [5.74, 6) is -0.689. The molecule has 3 aromatic carbocycles. The van der Waals surface area contributed by atoms with Gasteiger partial charge in [0.25, 0.3) is 0 Å². The number of aromatic carboxylic acids is 1. The molecule has 4 nitrogen and oxygen atoms in total. The van der Waals surface area contributed by atoms with E-state index in [0.717, 1.165) is 5.56 Å². The van der Waals surface area contributed by atoms with Crippen molar-refractivity contribution in [1.29, 1.82) is 0 Å². The van der Waals surface area contributed by atoms with Gasteiger partial charge in [-0.05, 0) is 36.4 Å². The van der Waals surface area contributed by atoms with Gasteiger partial charge in [0.15, 0.2) is 5.69 Å². The number of rotatable bonds is 4. The number of carboxylic acid groups (broad SMARTS) is 1. The van der Waals surface area contributed by atoms with E-state index in [0.29, 0.717) is 37.8 Å². The van der Waals surface area contributed by atoms with Crippen molar-refractivity contribution in [3.8, 4) is 28.3 Å². The summed E-state index contributed by atoms with van der Waals surface area (Å²) in [4.78, 5) is 16.5. The minimum absolute atomic E-state index is 0.109. The second-order valence-electron chi connectivity index (χ2n) is 6.28. The van der Waals surface area contributed by atoms with E-state index in [1.165, 1.54) is 0 Å². The minimum Gasteiger partial charge on any atom is -0.476 e. The van der Waals surface area contributed by atoms with Crippen molar-refractivity contribution < 1.29 is 9.90 Å². The third-order valence-corrected chi connectivity index (χ3v) is 4.99. The van der Waals surface area contributed by atoms with Crippen LogP contribution in [0.25, 0.3) is 28.3 Å². The SMILES string of the molecule is O=C(O)c1nc(-c2ccccc2)n(-c2cccc(Cl)c2)c1-c1cc(Cl)cc(Cl)c1. The largest absolute Gasteiger partial charge is 0.476 e. The van der Waals surface area contributed by atoms with Crippen molar-refractivity contribution in [2.75, 3.05) is 0 Å². The molecule has 7 heteroatoms. The van der Waals surface area contributed by atoms with Crippen molar-refractivity contribution in [3.05, 3.63) is 93.6 Å². The molecule has 0 atom stereocenters. The highest BCUT2D eigenvalue weighted by Crippen LogP contribution is 2.36. The molecule has 1 aromatic heterocycles. The Hall–Kier alpha value is -2.79. The van der Waals surface area contributed by atoms with Gasteiger partial charge in [-0.15, -0.1) is 0 Å². The lowest BCUT2D eigenvalue weighted by Crippen LogP contribution is -2.03. The number of nitrogens with zero attached hydrogens (tertiary/aromatic N) is 2. The van der Waals surface area contributed by atoms with E-state index in [1.807, 2.05) is 36.4 Å². The molecular weight excluding hydrogens is 431 g/mol. The molecule has 4 aromatic rings. The van der Waals surface area contributed by atoms with E-state index in [4.69, 9.17) is 34.8 Å². The van der Waals surface area contributed by atoms with Gasteiger partial charge in [0.2, 0.25) is 0 Å². The van der Waals surface area contributed by atoms with Gasteiger partial charge in [-0.25, -0.2) is 9.78 Å². The van der Waals surface area contributed by atoms with Crippen LogP contribution in [0.4, 0.5) is 0 Å². The summed E-state index contributed by atoms with van der Waals surface area (Å²) in [5, 5.41) is 11.2. The molecule has 0 saturated carbocycles. The first kappa shape index (κ1) is 19.5. The molecule has 0 bridgehead atoms. The van der Waals surface area contributed by atoms with Crippen LogP contribution in [-0.2, 0) is 0 Å². The average molecular weight is 444 g/mol. The Morgan fingerprint density at radius 3 is 2.10 bits per heavy atom. The molecule has 29 heavy (non-hydrogen) atoms. The molecule has 144 valence electrons. The van der Waals surface area contributed by atoms with Gasteiger partial charge in [0, 0.05) is 31.9 Å². The molecule has 0 saturated heterocycles. The second kappa shape index (κ2) is 7.91. The van der Waals surface area contributed by atoms with Crippen molar-refractivity contribution in [2.24, 2.45) is 0 Å². The maximum absolute atomic E-state index is 12.1. The number of hydrogen-bond donors (Lipinski definition) is 1. The maximum Gasteiger partial charge on any atom is 0.356 e. The molecular formula is C22H13Cl3N2O2. The molecule has 0 amide bonds. The molecule has 1 N–H and O–H groups in total. The van der Waals surface area contributed by atoms with Crippen LogP contribution in [-0.4, -0.2) is 20.6 Å². The van der Waals surface area contributed by atoms with Crippen LogP contribution in [0, 0.1) is 0 Å². The van der Waals surface area contributed by atoms with Gasteiger partial charge >= 0.3 is 5.97 Å². The molecule has 0 fully saturated rings. The van der Waals surface area contributed by atoms with Gasteiger partial charge in [-0.3, -0.25) is 4.57 Å². The van der Waals surface area contributed by atoms with E-state index < -0.39 is 5.97 Å². The standard InChI is InChI=1S/C22H13Cl3N2O2/c23-15-7-4-8-18(12-15)27-20(14-9-16(24)11-17(25)10-14)19(22(28)29)26-21(27)13-5-2-1-3-6-13/h1-12H,(H,28,29). The lowest BCUT2D eigenvalue weighted by molar-refractivity contribution is 0.0692. The fourth-order valence-electron chi connectivity index (χ4n) is 3.17. The zero-order valence-electron chi connectivity index (χ0n) is 14.8. The fourth-order valence-corrected chi connectivity index (χ4v) is 3.88. The Balaban J connectivity index is 2.13. The third kappa shape index (κ3) is 3.87. The third-order valence-electron chi connectivity index (χ3n) is 4.31. The summed E-state index contributed by atoms with van der Waals surface area (Å²) in [7, 11) is 0. The minimum atomic E-state index is -1.16. The quantitative estimate of drug-likeness (QED) is 0.374. The topological polar surface area (TPSA) is 55.1 Å². The smallest absolute Gasteiger partial charge is 0.356 e. The second-order valence-corrected chi connectivity index (χ2v) is 7.59. The number of imidazole rings is 1. The lowest BCUT2D eigenvalue weighted by atomic mass is 10.1. The summed E-state index contributed by atoms with van der Waals surface area (Å²) < 4.78 is 1.76.